The second kappa shape index (κ2) is 11.7. The number of thiocarbonyl (C=S) groups is 1. The maximum Gasteiger partial charge on any atom is 0.220 e. The first-order chi connectivity index (χ1) is 9.97. The van der Waals surface area contributed by atoms with Crippen molar-refractivity contribution in [2.75, 3.05) is 18.8 Å². The molecule has 0 saturated carbocycles. The number of nitriles is 1. The van der Waals surface area contributed by atoms with Crippen LogP contribution in [0.3, 0.4) is 0 Å². The molecule has 0 radical (unpaired) electrons. The second-order valence-electron chi connectivity index (χ2n) is 4.29. The maximum atomic E-state index is 11.7. The topological polar surface area (TPSA) is 102 Å². The molecule has 0 heterocycles. The van der Waals surface area contributed by atoms with Crippen LogP contribution in [0.2, 0.25) is 0 Å². The highest BCUT2D eigenvalue weighted by Crippen LogP contribution is 2.34. The molecule has 0 aliphatic carbocycles. The first kappa shape index (κ1) is 20.1. The van der Waals surface area contributed by atoms with E-state index >= 15 is 0 Å². The van der Waals surface area contributed by atoms with Crippen molar-refractivity contribution in [3.05, 3.63) is 10.4 Å². The Morgan fingerprint density at radius 2 is 2.33 bits per heavy atom. The predicted octanol–water partition coefficient (Wildman–Crippen LogP) is 3.64. The lowest BCUT2D eigenvalue weighted by Gasteiger charge is -2.20. The van der Waals surface area contributed by atoms with Crippen LogP contribution in [0, 0.1) is 11.3 Å². The largest absolute Gasteiger partial charge is 0.356 e. The summed E-state index contributed by atoms with van der Waals surface area (Å²) in [5.74, 6) is 0.769. The van der Waals surface area contributed by atoms with Gasteiger partial charge in [0.15, 0.2) is 0 Å². The number of hydrogen-bond donors (Lipinski definition) is 1. The van der Waals surface area contributed by atoms with Crippen molar-refractivity contribution >= 4 is 45.2 Å². The van der Waals surface area contributed by atoms with Gasteiger partial charge in [-0.3, -0.25) is 4.79 Å². The van der Waals surface area contributed by atoms with Crippen molar-refractivity contribution in [2.24, 2.45) is 5.11 Å². The van der Waals surface area contributed by atoms with Gasteiger partial charge in [0, 0.05) is 24.4 Å². The average Bonchev–Trinajstić information content (AvgIpc) is 2.45. The average molecular weight is 346 g/mol. The zero-order chi connectivity index (χ0) is 16.1. The van der Waals surface area contributed by atoms with Crippen LogP contribution in [-0.2, 0) is 4.79 Å². The quantitative estimate of drug-likeness (QED) is 0.226. The van der Waals surface area contributed by atoms with E-state index in [9.17, 15) is 10.1 Å². The lowest BCUT2D eigenvalue weighted by Crippen LogP contribution is -2.28. The summed E-state index contributed by atoms with van der Waals surface area (Å²) in [5.41, 5.74) is 8.11. The molecule has 1 atom stereocenters. The van der Waals surface area contributed by atoms with E-state index in [2.05, 4.69) is 21.4 Å². The first-order valence-corrected chi connectivity index (χ1v) is 8.73. The fourth-order valence-electron chi connectivity index (χ4n) is 1.32. The van der Waals surface area contributed by atoms with Crippen molar-refractivity contribution in [1.82, 2.24) is 5.32 Å². The Bertz CT molecular complexity index is 445. The van der Waals surface area contributed by atoms with Gasteiger partial charge in [0.1, 0.15) is 8.28 Å². The van der Waals surface area contributed by atoms with Gasteiger partial charge in [-0.2, -0.15) is 5.26 Å². The molecule has 0 aliphatic heterocycles. The van der Waals surface area contributed by atoms with Crippen LogP contribution in [0.5, 0.6) is 0 Å². The van der Waals surface area contributed by atoms with Gasteiger partial charge >= 0.3 is 0 Å². The van der Waals surface area contributed by atoms with Crippen molar-refractivity contribution < 1.29 is 4.79 Å². The normalized spacial score (nSPS) is 12.6. The van der Waals surface area contributed by atoms with E-state index in [0.717, 1.165) is 9.28 Å². The van der Waals surface area contributed by atoms with Crippen molar-refractivity contribution in [3.63, 3.8) is 0 Å². The van der Waals surface area contributed by atoms with E-state index in [1.807, 2.05) is 6.92 Å². The molecule has 0 aromatic heterocycles. The maximum absolute atomic E-state index is 11.7. The van der Waals surface area contributed by atoms with E-state index in [1.165, 1.54) is 23.5 Å². The zero-order valence-corrected chi connectivity index (χ0v) is 14.6. The standard InChI is InChI=1S/C12H19N5OS3/c1-3-20-11(19)21-12(2,9-13)6-5-10(18)15-7-4-8-16-17-14/h3-8H2,1-2H3,(H,15,18). The molecule has 21 heavy (non-hydrogen) atoms. The number of amides is 1. The lowest BCUT2D eigenvalue weighted by atomic mass is 10.1. The summed E-state index contributed by atoms with van der Waals surface area (Å²) in [6, 6.07) is 2.23. The number of carbonyl (C=O) groups is 1. The Kier molecular flexibility index (Phi) is 11.2. The molecule has 9 heteroatoms. The van der Waals surface area contributed by atoms with Crippen molar-refractivity contribution in [1.29, 1.82) is 5.26 Å². The Balaban J connectivity index is 4.08. The SMILES string of the molecule is CCSC(=S)SC(C)(C#N)CCC(=O)NCCCN=[N+]=[N-]. The minimum Gasteiger partial charge on any atom is -0.356 e. The van der Waals surface area contributed by atoms with Crippen LogP contribution < -0.4 is 5.32 Å². The third-order valence-corrected chi connectivity index (χ3v) is 5.10. The summed E-state index contributed by atoms with van der Waals surface area (Å²) in [5, 5.41) is 15.4. The van der Waals surface area contributed by atoms with Crippen LogP contribution in [0.1, 0.15) is 33.1 Å². The highest BCUT2D eigenvalue weighted by Gasteiger charge is 2.27. The zero-order valence-electron chi connectivity index (χ0n) is 12.2. The molecule has 0 rings (SSSR count). The van der Waals surface area contributed by atoms with Gasteiger partial charge in [-0.15, -0.1) is 11.8 Å². The molecule has 0 fully saturated rings. The molecule has 0 bridgehead atoms. The Hall–Kier alpha value is -0.940. The molecule has 1 unspecified atom stereocenters. The summed E-state index contributed by atoms with van der Waals surface area (Å²) >= 11 is 8.07. The minimum absolute atomic E-state index is 0.105. The van der Waals surface area contributed by atoms with Crippen molar-refractivity contribution in [3.8, 4) is 6.07 Å². The molecule has 0 saturated heterocycles. The molecule has 1 amide bonds. The Labute approximate surface area is 139 Å². The highest BCUT2D eigenvalue weighted by molar-refractivity contribution is 8.47. The van der Waals surface area contributed by atoms with Crippen molar-refractivity contribution in [2.45, 2.75) is 37.9 Å². The fraction of sp³-hybridized carbons (Fsp3) is 0.750. The second-order valence-corrected chi connectivity index (χ2v) is 8.26. The molecule has 1 N–H and O–H groups in total. The molecule has 116 valence electrons. The number of nitrogens with zero attached hydrogens (tertiary/aromatic N) is 4. The third-order valence-electron chi connectivity index (χ3n) is 2.46. The summed E-state index contributed by atoms with van der Waals surface area (Å²) in [6.45, 7) is 4.64. The summed E-state index contributed by atoms with van der Waals surface area (Å²) in [6.07, 6.45) is 1.33. The number of hydrogen-bond acceptors (Lipinski definition) is 6. The third kappa shape index (κ3) is 10.4. The van der Waals surface area contributed by atoms with Crippen LogP contribution >= 0.6 is 35.7 Å². The number of rotatable bonds is 9. The number of thioether (sulfide) groups is 2. The number of nitrogens with one attached hydrogen (secondary N) is 1. The smallest absolute Gasteiger partial charge is 0.220 e. The fourth-order valence-corrected chi connectivity index (χ4v) is 4.22. The predicted molar refractivity (Wildman–Crippen MR) is 93.2 cm³/mol. The molecule has 0 aliphatic rings. The highest BCUT2D eigenvalue weighted by atomic mass is 32.2. The first-order valence-electron chi connectivity index (χ1n) is 6.52. The molecule has 0 aromatic carbocycles. The van der Waals surface area contributed by atoms with E-state index in [0.29, 0.717) is 25.9 Å². The van der Waals surface area contributed by atoms with Gasteiger partial charge in [0.2, 0.25) is 5.91 Å². The van der Waals surface area contributed by atoms with Gasteiger partial charge in [0.25, 0.3) is 0 Å². The molecule has 6 nitrogen and oxygen atoms in total. The monoisotopic (exact) mass is 345 g/mol. The van der Waals surface area contributed by atoms with Gasteiger partial charge in [-0.25, -0.2) is 0 Å². The molecular formula is C12H19N5OS3. The van der Waals surface area contributed by atoms with Crippen LogP contribution in [-0.4, -0.2) is 33.0 Å². The lowest BCUT2D eigenvalue weighted by molar-refractivity contribution is -0.121. The van der Waals surface area contributed by atoms with E-state index in [4.69, 9.17) is 17.7 Å². The van der Waals surface area contributed by atoms with E-state index in [1.54, 1.807) is 6.92 Å². The summed E-state index contributed by atoms with van der Waals surface area (Å²) in [4.78, 5) is 14.3. The van der Waals surface area contributed by atoms with Gasteiger partial charge in [-0.1, -0.05) is 36.0 Å². The summed E-state index contributed by atoms with van der Waals surface area (Å²) in [7, 11) is 0. The van der Waals surface area contributed by atoms with Gasteiger partial charge in [-0.05, 0) is 31.0 Å². The Morgan fingerprint density at radius 3 is 2.90 bits per heavy atom. The minimum atomic E-state index is -0.679. The number of carbonyl (C=O) groups excluding carboxylic acids is 1. The van der Waals surface area contributed by atoms with Gasteiger partial charge < -0.3 is 5.32 Å². The van der Waals surface area contributed by atoms with E-state index in [-0.39, 0.29) is 12.3 Å². The molecule has 0 spiro atoms. The Morgan fingerprint density at radius 1 is 1.62 bits per heavy atom. The summed E-state index contributed by atoms with van der Waals surface area (Å²) < 4.78 is 0.0538. The van der Waals surface area contributed by atoms with Gasteiger partial charge in [0.05, 0.1) is 6.07 Å². The van der Waals surface area contributed by atoms with Crippen LogP contribution in [0.15, 0.2) is 5.11 Å². The number of azide groups is 1. The molecular weight excluding hydrogens is 326 g/mol. The van der Waals surface area contributed by atoms with E-state index < -0.39 is 4.75 Å². The van der Waals surface area contributed by atoms with Crippen LogP contribution in [0.25, 0.3) is 10.4 Å². The van der Waals surface area contributed by atoms with Crippen LogP contribution in [0.4, 0.5) is 0 Å². The molecule has 0 aromatic rings.